The van der Waals surface area contributed by atoms with Gasteiger partial charge in [0.25, 0.3) is 0 Å². The van der Waals surface area contributed by atoms with Crippen LogP contribution in [0.1, 0.15) is 39.0 Å². The fourth-order valence-electron chi connectivity index (χ4n) is 2.49. The van der Waals surface area contributed by atoms with Gasteiger partial charge in [-0.05, 0) is 39.9 Å². The van der Waals surface area contributed by atoms with Gasteiger partial charge < -0.3 is 10.2 Å². The molecule has 2 nitrogen and oxygen atoms in total. The summed E-state index contributed by atoms with van der Waals surface area (Å²) in [5.74, 6) is 0. The summed E-state index contributed by atoms with van der Waals surface area (Å²) in [6.45, 7) is 3.50. The first-order valence-electron chi connectivity index (χ1n) is 5.67. The van der Waals surface area contributed by atoms with Gasteiger partial charge in [0.2, 0.25) is 0 Å². The van der Waals surface area contributed by atoms with Crippen LogP contribution in [-0.2, 0) is 0 Å². The van der Waals surface area contributed by atoms with Crippen molar-refractivity contribution in [1.82, 2.24) is 10.2 Å². The Morgan fingerprint density at radius 2 is 2.00 bits per heavy atom. The molecule has 13 heavy (non-hydrogen) atoms. The molecule has 0 radical (unpaired) electrons. The van der Waals surface area contributed by atoms with Crippen molar-refractivity contribution in [2.24, 2.45) is 0 Å². The highest BCUT2D eigenvalue weighted by atomic mass is 15.2. The Hall–Kier alpha value is -0.0800. The molecule has 2 heteroatoms. The lowest BCUT2D eigenvalue weighted by atomic mass is 9.89. The predicted molar refractivity (Wildman–Crippen MR) is 58.0 cm³/mol. The van der Waals surface area contributed by atoms with E-state index in [-0.39, 0.29) is 0 Å². The molecule has 0 aromatic carbocycles. The minimum atomic E-state index is 0.727. The molecule has 0 saturated heterocycles. The van der Waals surface area contributed by atoms with Crippen LogP contribution in [0.5, 0.6) is 0 Å². The zero-order chi connectivity index (χ0) is 9.68. The first-order chi connectivity index (χ1) is 6.29. The molecule has 0 aromatic rings. The molecule has 1 aliphatic carbocycles. The molecule has 0 aliphatic heterocycles. The molecule has 0 unspecified atom stereocenters. The number of nitrogens with zero attached hydrogens (tertiary/aromatic N) is 1. The van der Waals surface area contributed by atoms with Gasteiger partial charge in [0.1, 0.15) is 0 Å². The van der Waals surface area contributed by atoms with E-state index in [1.54, 1.807) is 0 Å². The maximum atomic E-state index is 3.45. The van der Waals surface area contributed by atoms with E-state index in [1.807, 2.05) is 0 Å². The Bertz CT molecular complexity index is 136. The van der Waals surface area contributed by atoms with Crippen molar-refractivity contribution in [3.63, 3.8) is 0 Å². The van der Waals surface area contributed by atoms with E-state index in [4.69, 9.17) is 0 Å². The van der Waals surface area contributed by atoms with E-state index in [0.717, 1.165) is 12.1 Å². The van der Waals surface area contributed by atoms with Crippen molar-refractivity contribution < 1.29 is 0 Å². The number of hydrogen-bond acceptors (Lipinski definition) is 2. The van der Waals surface area contributed by atoms with Crippen LogP contribution in [0.4, 0.5) is 0 Å². The van der Waals surface area contributed by atoms with Crippen LogP contribution in [0.15, 0.2) is 0 Å². The van der Waals surface area contributed by atoms with Crippen molar-refractivity contribution in [3.8, 4) is 0 Å². The SMILES string of the molecule is CCCN(C)[C@@H]1CCCC[C@H]1NC. The molecule has 0 heterocycles. The van der Waals surface area contributed by atoms with Crippen LogP contribution in [0.3, 0.4) is 0 Å². The molecule has 1 fully saturated rings. The minimum Gasteiger partial charge on any atom is -0.315 e. The van der Waals surface area contributed by atoms with E-state index >= 15 is 0 Å². The number of rotatable bonds is 4. The first-order valence-corrected chi connectivity index (χ1v) is 5.67. The zero-order valence-corrected chi connectivity index (χ0v) is 9.34. The second kappa shape index (κ2) is 5.61. The zero-order valence-electron chi connectivity index (χ0n) is 9.34. The van der Waals surface area contributed by atoms with Crippen molar-refractivity contribution in [1.29, 1.82) is 0 Å². The highest BCUT2D eigenvalue weighted by Gasteiger charge is 2.26. The monoisotopic (exact) mass is 184 g/mol. The third-order valence-electron chi connectivity index (χ3n) is 3.24. The molecule has 1 N–H and O–H groups in total. The molecule has 0 amide bonds. The van der Waals surface area contributed by atoms with Crippen molar-refractivity contribution in [3.05, 3.63) is 0 Å². The van der Waals surface area contributed by atoms with E-state index in [2.05, 4.69) is 31.2 Å². The number of likely N-dealkylation sites (N-methyl/N-ethyl adjacent to an activating group) is 2. The summed E-state index contributed by atoms with van der Waals surface area (Å²) in [6.07, 6.45) is 6.82. The lowest BCUT2D eigenvalue weighted by Crippen LogP contribution is -2.49. The maximum Gasteiger partial charge on any atom is 0.0246 e. The van der Waals surface area contributed by atoms with Crippen LogP contribution in [0.25, 0.3) is 0 Å². The van der Waals surface area contributed by atoms with Gasteiger partial charge in [0.15, 0.2) is 0 Å². The topological polar surface area (TPSA) is 15.3 Å². The summed E-state index contributed by atoms with van der Waals surface area (Å²) in [6, 6.07) is 1.50. The Kier molecular flexibility index (Phi) is 4.74. The second-order valence-electron chi connectivity index (χ2n) is 4.23. The quantitative estimate of drug-likeness (QED) is 0.717. The fourth-order valence-corrected chi connectivity index (χ4v) is 2.49. The fraction of sp³-hybridized carbons (Fsp3) is 1.00. The highest BCUT2D eigenvalue weighted by Crippen LogP contribution is 2.22. The smallest absolute Gasteiger partial charge is 0.0246 e. The van der Waals surface area contributed by atoms with Crippen molar-refractivity contribution in [2.45, 2.75) is 51.1 Å². The number of nitrogens with one attached hydrogen (secondary N) is 1. The summed E-state index contributed by atoms with van der Waals surface area (Å²) in [7, 11) is 4.37. The van der Waals surface area contributed by atoms with Gasteiger partial charge >= 0.3 is 0 Å². The molecule has 1 rings (SSSR count). The summed E-state index contributed by atoms with van der Waals surface area (Å²) in [5, 5.41) is 3.45. The summed E-state index contributed by atoms with van der Waals surface area (Å²) < 4.78 is 0. The van der Waals surface area contributed by atoms with E-state index < -0.39 is 0 Å². The molecule has 0 aromatic heterocycles. The largest absolute Gasteiger partial charge is 0.315 e. The van der Waals surface area contributed by atoms with E-state index in [1.165, 1.54) is 38.6 Å². The van der Waals surface area contributed by atoms with Gasteiger partial charge in [0, 0.05) is 12.1 Å². The molecule has 2 atom stereocenters. The van der Waals surface area contributed by atoms with Gasteiger partial charge in [-0.2, -0.15) is 0 Å². The van der Waals surface area contributed by atoms with Crippen molar-refractivity contribution >= 4 is 0 Å². The molecular weight excluding hydrogens is 160 g/mol. The van der Waals surface area contributed by atoms with Gasteiger partial charge in [-0.1, -0.05) is 19.8 Å². The Morgan fingerprint density at radius 3 is 2.62 bits per heavy atom. The van der Waals surface area contributed by atoms with Gasteiger partial charge in [-0.15, -0.1) is 0 Å². The standard InChI is InChI=1S/C11H24N2/c1-4-9-13(3)11-8-6-5-7-10(11)12-2/h10-12H,4-9H2,1-3H3/t10-,11-/m1/s1. The summed E-state index contributed by atoms with van der Waals surface area (Å²) in [4.78, 5) is 2.53. The van der Waals surface area contributed by atoms with Gasteiger partial charge in [-0.25, -0.2) is 0 Å². The average Bonchev–Trinajstić information content (AvgIpc) is 2.18. The third kappa shape index (κ3) is 2.96. The third-order valence-corrected chi connectivity index (χ3v) is 3.24. The first kappa shape index (κ1) is 11.0. The van der Waals surface area contributed by atoms with Crippen LogP contribution in [0.2, 0.25) is 0 Å². The molecule has 0 spiro atoms. The molecule has 0 bridgehead atoms. The highest BCUT2D eigenvalue weighted by molar-refractivity contribution is 4.85. The van der Waals surface area contributed by atoms with Crippen LogP contribution < -0.4 is 5.32 Å². The average molecular weight is 184 g/mol. The van der Waals surface area contributed by atoms with Gasteiger partial charge in [0.05, 0.1) is 0 Å². The second-order valence-corrected chi connectivity index (χ2v) is 4.23. The lowest BCUT2D eigenvalue weighted by Gasteiger charge is -2.37. The Balaban J connectivity index is 2.43. The number of hydrogen-bond donors (Lipinski definition) is 1. The Labute approximate surface area is 82.7 Å². The maximum absolute atomic E-state index is 3.45. The van der Waals surface area contributed by atoms with Crippen LogP contribution in [-0.4, -0.2) is 37.6 Å². The molecule has 1 saturated carbocycles. The molecular formula is C11H24N2. The van der Waals surface area contributed by atoms with Gasteiger partial charge in [-0.3, -0.25) is 0 Å². The van der Waals surface area contributed by atoms with E-state index in [9.17, 15) is 0 Å². The van der Waals surface area contributed by atoms with Crippen LogP contribution >= 0.6 is 0 Å². The lowest BCUT2D eigenvalue weighted by molar-refractivity contribution is 0.154. The molecule has 78 valence electrons. The molecule has 1 aliphatic rings. The summed E-state index contributed by atoms with van der Waals surface area (Å²) in [5.41, 5.74) is 0. The Morgan fingerprint density at radius 1 is 1.31 bits per heavy atom. The van der Waals surface area contributed by atoms with Crippen molar-refractivity contribution in [2.75, 3.05) is 20.6 Å². The summed E-state index contributed by atoms with van der Waals surface area (Å²) >= 11 is 0. The van der Waals surface area contributed by atoms with E-state index in [0.29, 0.717) is 0 Å². The predicted octanol–water partition coefficient (Wildman–Crippen LogP) is 1.86. The van der Waals surface area contributed by atoms with Crippen LogP contribution in [0, 0.1) is 0 Å². The normalized spacial score (nSPS) is 29.5. The minimum absolute atomic E-state index is 0.727.